The van der Waals surface area contributed by atoms with E-state index in [-0.39, 0.29) is 5.91 Å². The molecule has 0 bridgehead atoms. The number of fused-ring (bicyclic) bond motifs is 1. The Morgan fingerprint density at radius 3 is 2.38 bits per heavy atom. The number of ether oxygens (including phenoxy) is 2. The molecule has 0 fully saturated rings. The molecule has 0 atom stereocenters. The van der Waals surface area contributed by atoms with E-state index in [0.29, 0.717) is 23.6 Å². The number of amides is 1. The minimum atomic E-state index is -0.267. The minimum Gasteiger partial charge on any atom is -0.496 e. The lowest BCUT2D eigenvalue weighted by molar-refractivity contribution is 0.0943. The van der Waals surface area contributed by atoms with Crippen LogP contribution in [-0.4, -0.2) is 29.7 Å². The molecule has 1 amide bonds. The number of carbonyl (C=O) groups is 1. The first-order valence-corrected chi connectivity index (χ1v) is 7.55. The zero-order valence-corrected chi connectivity index (χ0v) is 13.9. The van der Waals surface area contributed by atoms with Crippen LogP contribution in [0.2, 0.25) is 0 Å². The Hall–Kier alpha value is -3.02. The zero-order valence-electron chi connectivity index (χ0n) is 13.9. The van der Waals surface area contributed by atoms with Crippen molar-refractivity contribution in [2.75, 3.05) is 14.2 Å². The molecule has 1 N–H and O–H groups in total. The number of methoxy groups -OCH3 is 2. The van der Waals surface area contributed by atoms with Crippen molar-refractivity contribution >= 4 is 16.9 Å². The first-order chi connectivity index (χ1) is 11.7. The summed E-state index contributed by atoms with van der Waals surface area (Å²) >= 11 is 0. The molecule has 0 saturated heterocycles. The summed E-state index contributed by atoms with van der Waals surface area (Å²) in [6, 6.07) is 13.1. The molecule has 0 aliphatic heterocycles. The molecule has 1 heterocycles. The highest BCUT2D eigenvalue weighted by atomic mass is 16.5. The fraction of sp³-hybridized carbons (Fsp3) is 0.222. The van der Waals surface area contributed by atoms with Gasteiger partial charge < -0.3 is 19.4 Å². The molecule has 0 aliphatic carbocycles. The van der Waals surface area contributed by atoms with Crippen LogP contribution in [-0.2, 0) is 13.6 Å². The standard InChI is InChI=1S/C18H19N3O3/c1-21-13-8-5-4-7-12(13)20-16(21)11-19-18(22)17-14(23-2)9-6-10-15(17)24-3/h4-10H,11H2,1-3H3,(H,19,22). The number of hydrogen-bond donors (Lipinski definition) is 1. The molecule has 0 aliphatic rings. The molecule has 0 spiro atoms. The van der Waals surface area contributed by atoms with Gasteiger partial charge in [0, 0.05) is 7.05 Å². The minimum absolute atomic E-state index is 0.267. The number of imidazole rings is 1. The van der Waals surface area contributed by atoms with Crippen molar-refractivity contribution in [3.05, 3.63) is 53.9 Å². The molecule has 124 valence electrons. The average Bonchev–Trinajstić information content (AvgIpc) is 2.95. The predicted molar refractivity (Wildman–Crippen MR) is 91.4 cm³/mol. The van der Waals surface area contributed by atoms with Gasteiger partial charge in [0.15, 0.2) is 0 Å². The highest BCUT2D eigenvalue weighted by molar-refractivity contribution is 5.99. The number of nitrogens with one attached hydrogen (secondary N) is 1. The molecular weight excluding hydrogens is 306 g/mol. The van der Waals surface area contributed by atoms with Crippen LogP contribution in [0.15, 0.2) is 42.5 Å². The Kier molecular flexibility index (Phi) is 4.37. The van der Waals surface area contributed by atoms with E-state index in [9.17, 15) is 4.79 Å². The summed E-state index contributed by atoms with van der Waals surface area (Å²) in [5, 5.41) is 2.88. The van der Waals surface area contributed by atoms with Crippen LogP contribution in [0.5, 0.6) is 11.5 Å². The van der Waals surface area contributed by atoms with Crippen LogP contribution in [0.1, 0.15) is 16.2 Å². The molecule has 6 heteroatoms. The van der Waals surface area contributed by atoms with Crippen molar-refractivity contribution in [3.8, 4) is 11.5 Å². The molecule has 0 radical (unpaired) electrons. The summed E-state index contributed by atoms with van der Waals surface area (Å²) < 4.78 is 12.5. The van der Waals surface area contributed by atoms with Gasteiger partial charge in [-0.25, -0.2) is 4.98 Å². The van der Waals surface area contributed by atoms with Crippen LogP contribution < -0.4 is 14.8 Å². The van der Waals surface area contributed by atoms with Gasteiger partial charge in [-0.1, -0.05) is 18.2 Å². The maximum atomic E-state index is 12.6. The Morgan fingerprint density at radius 1 is 1.08 bits per heavy atom. The van der Waals surface area contributed by atoms with Gasteiger partial charge in [0.1, 0.15) is 22.9 Å². The lowest BCUT2D eigenvalue weighted by Crippen LogP contribution is -2.25. The Balaban J connectivity index is 1.84. The molecular formula is C18H19N3O3. The third-order valence-corrected chi connectivity index (χ3v) is 3.94. The number of aromatic nitrogens is 2. The second kappa shape index (κ2) is 6.62. The molecule has 0 saturated carbocycles. The molecule has 3 rings (SSSR count). The number of aryl methyl sites for hydroxylation is 1. The quantitative estimate of drug-likeness (QED) is 0.783. The Bertz CT molecular complexity index is 864. The maximum absolute atomic E-state index is 12.6. The van der Waals surface area contributed by atoms with Crippen molar-refractivity contribution in [3.63, 3.8) is 0 Å². The fourth-order valence-corrected chi connectivity index (χ4v) is 2.68. The second-order valence-corrected chi connectivity index (χ2v) is 5.30. The fourth-order valence-electron chi connectivity index (χ4n) is 2.68. The van der Waals surface area contributed by atoms with Crippen molar-refractivity contribution in [2.45, 2.75) is 6.54 Å². The van der Waals surface area contributed by atoms with E-state index in [2.05, 4.69) is 10.3 Å². The Morgan fingerprint density at radius 2 is 1.75 bits per heavy atom. The van der Waals surface area contributed by atoms with Gasteiger partial charge in [-0.15, -0.1) is 0 Å². The number of rotatable bonds is 5. The molecule has 24 heavy (non-hydrogen) atoms. The van der Waals surface area contributed by atoms with E-state index < -0.39 is 0 Å². The van der Waals surface area contributed by atoms with Crippen LogP contribution in [0.4, 0.5) is 0 Å². The number of carbonyl (C=O) groups excluding carboxylic acids is 1. The smallest absolute Gasteiger partial charge is 0.259 e. The maximum Gasteiger partial charge on any atom is 0.259 e. The largest absolute Gasteiger partial charge is 0.496 e. The molecule has 0 unspecified atom stereocenters. The number of hydrogen-bond acceptors (Lipinski definition) is 4. The van der Waals surface area contributed by atoms with E-state index in [0.717, 1.165) is 16.9 Å². The lowest BCUT2D eigenvalue weighted by Gasteiger charge is -2.13. The third-order valence-electron chi connectivity index (χ3n) is 3.94. The van der Waals surface area contributed by atoms with Gasteiger partial charge in [0.05, 0.1) is 31.8 Å². The van der Waals surface area contributed by atoms with Gasteiger partial charge in [0.25, 0.3) is 5.91 Å². The zero-order chi connectivity index (χ0) is 17.1. The van der Waals surface area contributed by atoms with Gasteiger partial charge in [-0.2, -0.15) is 0 Å². The highest BCUT2D eigenvalue weighted by Gasteiger charge is 2.18. The topological polar surface area (TPSA) is 65.4 Å². The molecule has 1 aromatic heterocycles. The monoisotopic (exact) mass is 325 g/mol. The van der Waals surface area contributed by atoms with E-state index in [1.807, 2.05) is 35.9 Å². The summed E-state index contributed by atoms with van der Waals surface area (Å²) in [7, 11) is 4.98. The van der Waals surface area contributed by atoms with Crippen molar-refractivity contribution in [1.82, 2.24) is 14.9 Å². The van der Waals surface area contributed by atoms with Crippen molar-refractivity contribution < 1.29 is 14.3 Å². The third kappa shape index (κ3) is 2.78. The second-order valence-electron chi connectivity index (χ2n) is 5.30. The SMILES string of the molecule is COc1cccc(OC)c1C(=O)NCc1nc2ccccc2n1C. The van der Waals surface area contributed by atoms with Crippen molar-refractivity contribution in [1.29, 1.82) is 0 Å². The van der Waals surface area contributed by atoms with Gasteiger partial charge in [0.2, 0.25) is 0 Å². The van der Waals surface area contributed by atoms with Crippen LogP contribution in [0.3, 0.4) is 0 Å². The van der Waals surface area contributed by atoms with E-state index in [1.54, 1.807) is 18.2 Å². The van der Waals surface area contributed by atoms with E-state index >= 15 is 0 Å². The number of benzene rings is 2. The summed E-state index contributed by atoms with van der Waals surface area (Å²) in [5.41, 5.74) is 2.30. The van der Waals surface area contributed by atoms with Crippen LogP contribution in [0.25, 0.3) is 11.0 Å². The summed E-state index contributed by atoms with van der Waals surface area (Å²) in [6.07, 6.45) is 0. The van der Waals surface area contributed by atoms with Gasteiger partial charge >= 0.3 is 0 Å². The number of para-hydroxylation sites is 2. The normalized spacial score (nSPS) is 10.6. The number of nitrogens with zero attached hydrogens (tertiary/aromatic N) is 2. The van der Waals surface area contributed by atoms with Gasteiger partial charge in [-0.3, -0.25) is 4.79 Å². The summed E-state index contributed by atoms with van der Waals surface area (Å²) in [5.74, 6) is 1.45. The molecule has 6 nitrogen and oxygen atoms in total. The Labute approximate surface area is 140 Å². The first-order valence-electron chi connectivity index (χ1n) is 7.55. The summed E-state index contributed by atoms with van der Waals surface area (Å²) in [4.78, 5) is 17.1. The van der Waals surface area contributed by atoms with Crippen LogP contribution >= 0.6 is 0 Å². The van der Waals surface area contributed by atoms with Crippen molar-refractivity contribution in [2.24, 2.45) is 7.05 Å². The lowest BCUT2D eigenvalue weighted by atomic mass is 10.1. The van der Waals surface area contributed by atoms with Gasteiger partial charge in [-0.05, 0) is 24.3 Å². The highest BCUT2D eigenvalue weighted by Crippen LogP contribution is 2.28. The van der Waals surface area contributed by atoms with E-state index in [4.69, 9.17) is 9.47 Å². The molecule has 2 aromatic carbocycles. The summed E-state index contributed by atoms with van der Waals surface area (Å²) in [6.45, 7) is 0.311. The predicted octanol–water partition coefficient (Wildman–Crippen LogP) is 2.52. The molecule has 3 aromatic rings. The average molecular weight is 325 g/mol. The van der Waals surface area contributed by atoms with E-state index in [1.165, 1.54) is 14.2 Å². The first kappa shape index (κ1) is 15.9. The van der Waals surface area contributed by atoms with Crippen LogP contribution in [0, 0.1) is 0 Å².